The molecule has 3 aromatic heterocycles. The monoisotopic (exact) mass is 429 g/mol. The SMILES string of the molecule is O=C(Cc1ncc(-c2ccccc2)[nH]1)c1cccc2[nH]c(-c3cc4ccccc4cn3)nc12. The lowest BCUT2D eigenvalue weighted by Crippen LogP contribution is -2.05. The second kappa shape index (κ2) is 7.84. The predicted octanol–water partition coefficient (Wildman–Crippen LogP) is 5.59. The molecule has 0 bridgehead atoms. The van der Waals surface area contributed by atoms with E-state index in [-0.39, 0.29) is 12.2 Å². The molecule has 0 saturated carbocycles. The van der Waals surface area contributed by atoms with E-state index in [1.807, 2.05) is 85.1 Å². The molecular formula is C27H19N5O. The molecule has 0 radical (unpaired) electrons. The van der Waals surface area contributed by atoms with Gasteiger partial charge >= 0.3 is 0 Å². The van der Waals surface area contributed by atoms with Gasteiger partial charge in [0.15, 0.2) is 11.6 Å². The highest BCUT2D eigenvalue weighted by atomic mass is 16.1. The lowest BCUT2D eigenvalue weighted by Gasteiger charge is -2.01. The Morgan fingerprint density at radius 1 is 0.788 bits per heavy atom. The first kappa shape index (κ1) is 19.1. The zero-order chi connectivity index (χ0) is 22.2. The number of hydrogen-bond donors (Lipinski definition) is 2. The summed E-state index contributed by atoms with van der Waals surface area (Å²) < 4.78 is 0. The number of nitrogens with zero attached hydrogens (tertiary/aromatic N) is 3. The van der Waals surface area contributed by atoms with Gasteiger partial charge < -0.3 is 9.97 Å². The van der Waals surface area contributed by atoms with E-state index in [0.29, 0.717) is 22.7 Å². The molecule has 0 amide bonds. The van der Waals surface area contributed by atoms with Gasteiger partial charge in [-0.3, -0.25) is 9.78 Å². The maximum atomic E-state index is 13.2. The summed E-state index contributed by atoms with van der Waals surface area (Å²) in [6, 6.07) is 25.6. The van der Waals surface area contributed by atoms with Crippen LogP contribution in [-0.2, 0) is 6.42 Å². The molecule has 0 aliphatic carbocycles. The Morgan fingerprint density at radius 2 is 1.61 bits per heavy atom. The summed E-state index contributed by atoms with van der Waals surface area (Å²) in [5.74, 6) is 1.22. The average molecular weight is 429 g/mol. The molecule has 0 fully saturated rings. The molecule has 0 saturated heterocycles. The highest BCUT2D eigenvalue weighted by molar-refractivity contribution is 6.07. The van der Waals surface area contributed by atoms with Crippen molar-refractivity contribution in [3.63, 3.8) is 0 Å². The van der Waals surface area contributed by atoms with Crippen LogP contribution in [-0.4, -0.2) is 30.7 Å². The minimum Gasteiger partial charge on any atom is -0.342 e. The molecule has 3 aromatic carbocycles. The fourth-order valence-electron chi connectivity index (χ4n) is 4.06. The molecular weight excluding hydrogens is 410 g/mol. The molecule has 33 heavy (non-hydrogen) atoms. The number of aromatic nitrogens is 5. The molecule has 6 nitrogen and oxygen atoms in total. The van der Waals surface area contributed by atoms with Gasteiger partial charge in [-0.05, 0) is 29.1 Å². The zero-order valence-electron chi connectivity index (χ0n) is 17.6. The van der Waals surface area contributed by atoms with Crippen LogP contribution >= 0.6 is 0 Å². The second-order valence-corrected chi connectivity index (χ2v) is 7.91. The molecule has 6 rings (SSSR count). The Morgan fingerprint density at radius 3 is 2.48 bits per heavy atom. The number of ketones is 1. The van der Waals surface area contributed by atoms with E-state index in [4.69, 9.17) is 4.98 Å². The lowest BCUT2D eigenvalue weighted by atomic mass is 10.1. The molecule has 0 atom stereocenters. The number of hydrogen-bond acceptors (Lipinski definition) is 4. The quantitative estimate of drug-likeness (QED) is 0.350. The normalized spacial score (nSPS) is 11.3. The van der Waals surface area contributed by atoms with E-state index in [0.717, 1.165) is 33.2 Å². The third-order valence-corrected chi connectivity index (χ3v) is 5.73. The average Bonchev–Trinajstić information content (AvgIpc) is 3.51. The van der Waals surface area contributed by atoms with Gasteiger partial charge in [-0.2, -0.15) is 0 Å². The van der Waals surface area contributed by atoms with E-state index in [2.05, 4.69) is 19.9 Å². The van der Waals surface area contributed by atoms with Crippen LogP contribution in [0.1, 0.15) is 16.2 Å². The van der Waals surface area contributed by atoms with Gasteiger partial charge in [-0.25, -0.2) is 9.97 Å². The van der Waals surface area contributed by atoms with Crippen LogP contribution in [0.2, 0.25) is 0 Å². The Kier molecular flexibility index (Phi) is 4.54. The van der Waals surface area contributed by atoms with Crippen molar-refractivity contribution in [2.75, 3.05) is 0 Å². The van der Waals surface area contributed by atoms with Crippen LogP contribution in [0, 0.1) is 0 Å². The molecule has 0 aliphatic rings. The number of aromatic amines is 2. The molecule has 0 spiro atoms. The number of H-pyrrole nitrogens is 2. The van der Waals surface area contributed by atoms with Crippen molar-refractivity contribution < 1.29 is 4.79 Å². The summed E-state index contributed by atoms with van der Waals surface area (Å²) in [6.07, 6.45) is 3.77. The Balaban J connectivity index is 1.32. The number of imidazole rings is 2. The van der Waals surface area contributed by atoms with E-state index in [9.17, 15) is 4.79 Å². The van der Waals surface area contributed by atoms with Crippen LogP contribution < -0.4 is 0 Å². The van der Waals surface area contributed by atoms with Gasteiger partial charge in [0.1, 0.15) is 11.5 Å². The van der Waals surface area contributed by atoms with E-state index in [1.54, 1.807) is 6.20 Å². The summed E-state index contributed by atoms with van der Waals surface area (Å²) in [7, 11) is 0. The van der Waals surface area contributed by atoms with Crippen LogP contribution in [0.5, 0.6) is 0 Å². The maximum Gasteiger partial charge on any atom is 0.172 e. The molecule has 0 aliphatic heterocycles. The van der Waals surface area contributed by atoms with Gasteiger partial charge in [0.05, 0.1) is 29.3 Å². The number of para-hydroxylation sites is 1. The molecule has 158 valence electrons. The summed E-state index contributed by atoms with van der Waals surface area (Å²) in [4.78, 5) is 33.4. The fourth-order valence-corrected chi connectivity index (χ4v) is 4.06. The van der Waals surface area contributed by atoms with Crippen LogP contribution in [0.4, 0.5) is 0 Å². The van der Waals surface area contributed by atoms with Gasteiger partial charge in [-0.1, -0.05) is 60.7 Å². The Hall–Kier alpha value is -4.58. The first-order valence-electron chi connectivity index (χ1n) is 10.7. The van der Waals surface area contributed by atoms with Crippen LogP contribution in [0.3, 0.4) is 0 Å². The number of carbonyl (C=O) groups excluding carboxylic acids is 1. The first-order valence-corrected chi connectivity index (χ1v) is 10.7. The van der Waals surface area contributed by atoms with Crippen molar-refractivity contribution >= 4 is 27.6 Å². The summed E-state index contributed by atoms with van der Waals surface area (Å²) in [5.41, 5.74) is 4.67. The van der Waals surface area contributed by atoms with Gasteiger partial charge in [0, 0.05) is 17.1 Å². The molecule has 2 N–H and O–H groups in total. The fraction of sp³-hybridized carbons (Fsp3) is 0.0370. The summed E-state index contributed by atoms with van der Waals surface area (Å²) >= 11 is 0. The van der Waals surface area contributed by atoms with Crippen LogP contribution in [0.15, 0.2) is 91.3 Å². The summed E-state index contributed by atoms with van der Waals surface area (Å²) in [6.45, 7) is 0. The molecule has 6 heteroatoms. The minimum absolute atomic E-state index is 0.0425. The lowest BCUT2D eigenvalue weighted by molar-refractivity contribution is 0.0992. The Labute approximate surface area is 189 Å². The predicted molar refractivity (Wildman–Crippen MR) is 129 cm³/mol. The highest BCUT2D eigenvalue weighted by Gasteiger charge is 2.17. The van der Waals surface area contributed by atoms with Crippen molar-refractivity contribution in [1.29, 1.82) is 0 Å². The van der Waals surface area contributed by atoms with Crippen molar-refractivity contribution in [2.24, 2.45) is 0 Å². The number of carbonyl (C=O) groups is 1. The minimum atomic E-state index is -0.0425. The second-order valence-electron chi connectivity index (χ2n) is 7.91. The van der Waals surface area contributed by atoms with Gasteiger partial charge in [0.2, 0.25) is 0 Å². The topological polar surface area (TPSA) is 87.3 Å². The van der Waals surface area contributed by atoms with Gasteiger partial charge in [-0.15, -0.1) is 0 Å². The number of pyridine rings is 1. The smallest absolute Gasteiger partial charge is 0.172 e. The zero-order valence-corrected chi connectivity index (χ0v) is 17.6. The number of rotatable bonds is 5. The third-order valence-electron chi connectivity index (χ3n) is 5.73. The Bertz CT molecular complexity index is 1610. The van der Waals surface area contributed by atoms with E-state index < -0.39 is 0 Å². The standard InChI is InChI=1S/C27H19N5O/c33-24(14-25-29-16-23(30-25)17-7-2-1-3-8-17)20-11-6-12-21-26(20)32-27(31-21)22-13-18-9-4-5-10-19(18)15-28-22/h1-13,15-16H,14H2,(H,29,30)(H,31,32). The summed E-state index contributed by atoms with van der Waals surface area (Å²) in [5, 5.41) is 2.16. The largest absolute Gasteiger partial charge is 0.342 e. The highest BCUT2D eigenvalue weighted by Crippen LogP contribution is 2.25. The van der Waals surface area contributed by atoms with Crippen molar-refractivity contribution in [3.05, 3.63) is 103 Å². The maximum absolute atomic E-state index is 13.2. The molecule has 3 heterocycles. The van der Waals surface area contributed by atoms with Gasteiger partial charge in [0.25, 0.3) is 0 Å². The number of Topliss-reactive ketones (excluding diaryl/α,β-unsaturated/α-hetero) is 1. The number of nitrogens with one attached hydrogen (secondary N) is 2. The van der Waals surface area contributed by atoms with Crippen molar-refractivity contribution in [2.45, 2.75) is 6.42 Å². The molecule has 0 unspecified atom stereocenters. The first-order chi connectivity index (χ1) is 16.2. The van der Waals surface area contributed by atoms with Crippen molar-refractivity contribution in [3.8, 4) is 22.8 Å². The third kappa shape index (κ3) is 3.57. The number of benzene rings is 3. The number of fused-ring (bicyclic) bond motifs is 2. The molecule has 6 aromatic rings. The van der Waals surface area contributed by atoms with Crippen molar-refractivity contribution in [1.82, 2.24) is 24.9 Å². The van der Waals surface area contributed by atoms with E-state index in [1.165, 1.54) is 0 Å². The van der Waals surface area contributed by atoms with E-state index >= 15 is 0 Å². The van der Waals surface area contributed by atoms with Crippen LogP contribution in [0.25, 0.3) is 44.6 Å².